The van der Waals surface area contributed by atoms with Gasteiger partial charge in [-0.2, -0.15) is 0 Å². The van der Waals surface area contributed by atoms with Gasteiger partial charge in [0.15, 0.2) is 0 Å². The molecule has 0 saturated heterocycles. The Labute approximate surface area is 199 Å². The molecule has 0 saturated carbocycles. The van der Waals surface area contributed by atoms with E-state index < -0.39 is 18.1 Å². The van der Waals surface area contributed by atoms with Crippen molar-refractivity contribution in [1.29, 1.82) is 0 Å². The van der Waals surface area contributed by atoms with E-state index in [0.717, 1.165) is 28.3 Å². The third-order valence-corrected chi connectivity index (χ3v) is 5.45. The number of carboxylic acids is 1. The van der Waals surface area contributed by atoms with Gasteiger partial charge in [-0.25, -0.2) is 9.59 Å². The van der Waals surface area contributed by atoms with E-state index in [2.05, 4.69) is 10.6 Å². The van der Waals surface area contributed by atoms with Crippen LogP contribution in [-0.4, -0.2) is 35.7 Å². The molecule has 0 fully saturated rings. The van der Waals surface area contributed by atoms with Gasteiger partial charge in [0, 0.05) is 19.4 Å². The molecule has 178 valence electrons. The van der Waals surface area contributed by atoms with Crippen LogP contribution in [0.4, 0.5) is 4.79 Å². The highest BCUT2D eigenvalue weighted by atomic mass is 16.5. The smallest absolute Gasteiger partial charge is 0.407 e. The Hall–Kier alpha value is -3.87. The van der Waals surface area contributed by atoms with Gasteiger partial charge in [-0.1, -0.05) is 79.2 Å². The number of hydrogen-bond donors (Lipinski definition) is 3. The summed E-state index contributed by atoms with van der Waals surface area (Å²) in [5, 5.41) is 17.0. The number of ether oxygens (including phenoxy) is 1. The van der Waals surface area contributed by atoms with Crippen LogP contribution in [0.15, 0.2) is 72.8 Å². The molecule has 0 aliphatic carbocycles. The van der Waals surface area contributed by atoms with Crippen LogP contribution in [0.3, 0.4) is 0 Å². The van der Waals surface area contributed by atoms with Crippen molar-refractivity contribution in [1.82, 2.24) is 10.6 Å². The van der Waals surface area contributed by atoms with E-state index in [9.17, 15) is 19.5 Å². The first-order chi connectivity index (χ1) is 16.5. The third kappa shape index (κ3) is 8.24. The van der Waals surface area contributed by atoms with Crippen molar-refractivity contribution in [2.75, 3.05) is 6.54 Å². The quantitative estimate of drug-likeness (QED) is 0.345. The summed E-state index contributed by atoms with van der Waals surface area (Å²) in [5.74, 6) is -1.34. The van der Waals surface area contributed by atoms with Crippen LogP contribution in [0, 0.1) is 0 Å². The molecule has 2 amide bonds. The van der Waals surface area contributed by atoms with Crippen LogP contribution in [0.1, 0.15) is 36.8 Å². The molecule has 7 nitrogen and oxygen atoms in total. The second-order valence-corrected chi connectivity index (χ2v) is 8.14. The van der Waals surface area contributed by atoms with Gasteiger partial charge in [-0.05, 0) is 34.7 Å². The molecule has 3 aromatic carbocycles. The number of fused-ring (bicyclic) bond motifs is 1. The minimum atomic E-state index is -1.06. The minimum Gasteiger partial charge on any atom is -0.480 e. The molecule has 3 N–H and O–H groups in total. The number of aliphatic carboxylic acids is 1. The lowest BCUT2D eigenvalue weighted by atomic mass is 10.0. The van der Waals surface area contributed by atoms with Crippen molar-refractivity contribution in [2.45, 2.75) is 44.8 Å². The average Bonchev–Trinajstić information content (AvgIpc) is 2.85. The van der Waals surface area contributed by atoms with E-state index in [4.69, 9.17) is 4.74 Å². The Balaban J connectivity index is 1.32. The first-order valence-corrected chi connectivity index (χ1v) is 11.5. The maximum absolute atomic E-state index is 12.3. The van der Waals surface area contributed by atoms with Gasteiger partial charge in [-0.15, -0.1) is 0 Å². The summed E-state index contributed by atoms with van der Waals surface area (Å²) < 4.78 is 5.14. The molecular formula is C27H30N2O5. The van der Waals surface area contributed by atoms with Crippen LogP contribution in [0.2, 0.25) is 0 Å². The molecule has 34 heavy (non-hydrogen) atoms. The zero-order chi connectivity index (χ0) is 24.2. The number of alkyl carbamates (subject to hydrolysis) is 1. The highest BCUT2D eigenvalue weighted by molar-refractivity contribution is 5.85. The van der Waals surface area contributed by atoms with E-state index in [-0.39, 0.29) is 25.4 Å². The van der Waals surface area contributed by atoms with Gasteiger partial charge in [0.05, 0.1) is 0 Å². The summed E-state index contributed by atoms with van der Waals surface area (Å²) in [4.78, 5) is 35.6. The number of carbonyl (C=O) groups excluding carboxylic acids is 2. The molecule has 0 radical (unpaired) electrons. The second-order valence-electron chi connectivity index (χ2n) is 8.14. The second kappa shape index (κ2) is 13.0. The van der Waals surface area contributed by atoms with E-state index in [1.165, 1.54) is 0 Å². The molecule has 3 aromatic rings. The van der Waals surface area contributed by atoms with Crippen molar-refractivity contribution in [3.63, 3.8) is 0 Å². The molecule has 0 aliphatic rings. The van der Waals surface area contributed by atoms with E-state index in [1.54, 1.807) is 0 Å². The maximum atomic E-state index is 12.3. The van der Waals surface area contributed by atoms with Crippen LogP contribution >= 0.6 is 0 Å². The summed E-state index contributed by atoms with van der Waals surface area (Å²) >= 11 is 0. The Morgan fingerprint density at radius 3 is 2.32 bits per heavy atom. The van der Waals surface area contributed by atoms with Crippen molar-refractivity contribution in [3.8, 4) is 0 Å². The Morgan fingerprint density at radius 2 is 1.56 bits per heavy atom. The molecule has 1 atom stereocenters. The number of amides is 2. The Bertz CT molecular complexity index is 1100. The molecular weight excluding hydrogens is 432 g/mol. The van der Waals surface area contributed by atoms with Crippen molar-refractivity contribution >= 4 is 28.7 Å². The predicted molar refractivity (Wildman–Crippen MR) is 130 cm³/mol. The van der Waals surface area contributed by atoms with Crippen molar-refractivity contribution < 1.29 is 24.2 Å². The number of hydrogen-bond acceptors (Lipinski definition) is 4. The lowest BCUT2D eigenvalue weighted by Gasteiger charge is -2.15. The number of carbonyl (C=O) groups is 3. The SMILES string of the molecule is O=C(CCCCCNC(=O)OCc1ccccc1)N[C@H](Cc1ccc2ccccc2c1)C(=O)O. The Kier molecular flexibility index (Phi) is 9.46. The fraction of sp³-hybridized carbons (Fsp3) is 0.296. The summed E-state index contributed by atoms with van der Waals surface area (Å²) in [5.41, 5.74) is 1.78. The average molecular weight is 463 g/mol. The zero-order valence-corrected chi connectivity index (χ0v) is 19.0. The largest absolute Gasteiger partial charge is 0.480 e. The fourth-order valence-corrected chi connectivity index (χ4v) is 3.62. The zero-order valence-electron chi connectivity index (χ0n) is 19.0. The van der Waals surface area contributed by atoms with E-state index in [1.807, 2.05) is 72.8 Å². The van der Waals surface area contributed by atoms with Crippen molar-refractivity contribution in [2.24, 2.45) is 0 Å². The van der Waals surface area contributed by atoms with Gasteiger partial charge in [-0.3, -0.25) is 4.79 Å². The maximum Gasteiger partial charge on any atom is 0.407 e. The molecule has 0 aromatic heterocycles. The van der Waals surface area contributed by atoms with Gasteiger partial charge in [0.1, 0.15) is 12.6 Å². The van der Waals surface area contributed by atoms with Gasteiger partial charge in [0.25, 0.3) is 0 Å². The van der Waals surface area contributed by atoms with E-state index >= 15 is 0 Å². The number of unbranched alkanes of at least 4 members (excludes halogenated alkanes) is 2. The van der Waals surface area contributed by atoms with Crippen LogP contribution in [0.5, 0.6) is 0 Å². The number of nitrogens with one attached hydrogen (secondary N) is 2. The number of benzene rings is 3. The van der Waals surface area contributed by atoms with Gasteiger partial charge in [0.2, 0.25) is 5.91 Å². The van der Waals surface area contributed by atoms with Crippen LogP contribution in [0.25, 0.3) is 10.8 Å². The lowest BCUT2D eigenvalue weighted by Crippen LogP contribution is -2.42. The lowest BCUT2D eigenvalue weighted by molar-refractivity contribution is -0.141. The highest BCUT2D eigenvalue weighted by Gasteiger charge is 2.20. The number of carboxylic acid groups (broad SMARTS) is 1. The highest BCUT2D eigenvalue weighted by Crippen LogP contribution is 2.17. The summed E-state index contributed by atoms with van der Waals surface area (Å²) in [6, 6.07) is 22.1. The van der Waals surface area contributed by atoms with Crippen molar-refractivity contribution in [3.05, 3.63) is 83.9 Å². The summed E-state index contributed by atoms with van der Waals surface area (Å²) in [6.07, 6.45) is 2.03. The van der Waals surface area contributed by atoms with Crippen LogP contribution in [-0.2, 0) is 27.4 Å². The topological polar surface area (TPSA) is 105 Å². The predicted octanol–water partition coefficient (Wildman–Crippen LogP) is 4.44. The van der Waals surface area contributed by atoms with Gasteiger partial charge >= 0.3 is 12.1 Å². The van der Waals surface area contributed by atoms with Gasteiger partial charge < -0.3 is 20.5 Å². The van der Waals surface area contributed by atoms with E-state index in [0.29, 0.717) is 19.4 Å². The van der Waals surface area contributed by atoms with Crippen LogP contribution < -0.4 is 10.6 Å². The molecule has 3 rings (SSSR count). The first kappa shape index (κ1) is 24.8. The Morgan fingerprint density at radius 1 is 0.824 bits per heavy atom. The molecule has 0 unspecified atom stereocenters. The summed E-state index contributed by atoms with van der Waals surface area (Å²) in [7, 11) is 0. The first-order valence-electron chi connectivity index (χ1n) is 11.5. The molecule has 0 heterocycles. The minimum absolute atomic E-state index is 0.219. The fourth-order valence-electron chi connectivity index (χ4n) is 3.62. The third-order valence-electron chi connectivity index (χ3n) is 5.45. The standard InChI is InChI=1S/C27H30N2O5/c30-25(13-5-2-8-16-28-27(33)34-19-20-9-3-1-4-10-20)29-24(26(31)32)18-21-14-15-22-11-6-7-12-23(22)17-21/h1,3-4,6-7,9-12,14-15,17,24H,2,5,8,13,16,18-19H2,(H,28,33)(H,29,30)(H,31,32)/t24-/m1/s1. The summed E-state index contributed by atoms with van der Waals surface area (Å²) in [6.45, 7) is 0.672. The molecule has 0 aliphatic heterocycles. The molecule has 7 heteroatoms. The molecule has 0 bridgehead atoms. The monoisotopic (exact) mass is 462 g/mol. The normalized spacial score (nSPS) is 11.5. The number of rotatable bonds is 12. The molecule has 0 spiro atoms.